The van der Waals surface area contributed by atoms with Crippen LogP contribution in [0.4, 0.5) is 0 Å². The van der Waals surface area contributed by atoms with E-state index >= 15 is 0 Å². The Labute approximate surface area is 81.6 Å². The predicted molar refractivity (Wildman–Crippen MR) is 55.8 cm³/mol. The van der Waals surface area contributed by atoms with Crippen LogP contribution in [0.3, 0.4) is 0 Å². The van der Waals surface area contributed by atoms with Crippen LogP contribution in [0, 0.1) is 0 Å². The summed E-state index contributed by atoms with van der Waals surface area (Å²) in [5, 5.41) is 9.50. The van der Waals surface area contributed by atoms with Crippen molar-refractivity contribution in [3.05, 3.63) is 11.6 Å². The molecule has 1 atom stereocenters. The maximum absolute atomic E-state index is 9.50. The van der Waals surface area contributed by atoms with E-state index in [4.69, 9.17) is 4.74 Å². The molecule has 0 rings (SSSR count). The largest absolute Gasteiger partial charge is 0.390 e. The van der Waals surface area contributed by atoms with Crippen molar-refractivity contribution >= 4 is 0 Å². The van der Waals surface area contributed by atoms with E-state index in [0.717, 1.165) is 0 Å². The van der Waals surface area contributed by atoms with Crippen molar-refractivity contribution < 1.29 is 9.84 Å². The van der Waals surface area contributed by atoms with Crippen molar-refractivity contribution in [3.63, 3.8) is 0 Å². The molecule has 0 bridgehead atoms. The smallest absolute Gasteiger partial charge is 0.0653 e. The number of ether oxygens (including phenoxy) is 1. The Bertz CT molecular complexity index is 161. The van der Waals surface area contributed by atoms with Crippen LogP contribution in [0.15, 0.2) is 11.6 Å². The Kier molecular flexibility index (Phi) is 5.26. The zero-order chi connectivity index (χ0) is 10.5. The summed E-state index contributed by atoms with van der Waals surface area (Å²) in [7, 11) is 0. The summed E-state index contributed by atoms with van der Waals surface area (Å²) in [6.07, 6.45) is 2.82. The van der Waals surface area contributed by atoms with Gasteiger partial charge < -0.3 is 9.84 Å². The highest BCUT2D eigenvalue weighted by atomic mass is 16.5. The topological polar surface area (TPSA) is 29.5 Å². The number of allylic oxidation sites excluding steroid dienone is 1. The van der Waals surface area contributed by atoms with Crippen LogP contribution in [0.2, 0.25) is 0 Å². The standard InChI is InChI=1S/C11H22O2/c1-9(2)6-7-13-10(3)8-11(4,5)12/h6,10,12H,7-8H2,1-5H3/t10-/m0/s1. The van der Waals surface area contributed by atoms with Gasteiger partial charge in [0, 0.05) is 6.42 Å². The summed E-state index contributed by atoms with van der Waals surface area (Å²) < 4.78 is 5.49. The lowest BCUT2D eigenvalue weighted by molar-refractivity contribution is -0.00371. The molecule has 78 valence electrons. The summed E-state index contributed by atoms with van der Waals surface area (Å²) in [5.74, 6) is 0. The number of aliphatic hydroxyl groups is 1. The monoisotopic (exact) mass is 186 g/mol. The van der Waals surface area contributed by atoms with Crippen molar-refractivity contribution in [2.45, 2.75) is 52.7 Å². The molecule has 0 aromatic rings. The fraction of sp³-hybridized carbons (Fsp3) is 0.818. The maximum atomic E-state index is 9.50. The molecule has 2 nitrogen and oxygen atoms in total. The van der Waals surface area contributed by atoms with Gasteiger partial charge in [0.2, 0.25) is 0 Å². The first-order valence-electron chi connectivity index (χ1n) is 4.78. The Morgan fingerprint density at radius 1 is 1.46 bits per heavy atom. The Morgan fingerprint density at radius 3 is 2.38 bits per heavy atom. The molecule has 0 spiro atoms. The van der Waals surface area contributed by atoms with Crippen LogP contribution >= 0.6 is 0 Å². The first kappa shape index (κ1) is 12.7. The van der Waals surface area contributed by atoms with Gasteiger partial charge in [-0.2, -0.15) is 0 Å². The molecule has 0 fully saturated rings. The molecule has 0 aliphatic rings. The second kappa shape index (κ2) is 5.40. The molecule has 0 aromatic carbocycles. The van der Waals surface area contributed by atoms with Crippen molar-refractivity contribution in [1.82, 2.24) is 0 Å². The average molecular weight is 186 g/mol. The van der Waals surface area contributed by atoms with Gasteiger partial charge in [-0.1, -0.05) is 11.6 Å². The Balaban J connectivity index is 3.64. The summed E-state index contributed by atoms with van der Waals surface area (Å²) in [4.78, 5) is 0. The van der Waals surface area contributed by atoms with Gasteiger partial charge in [-0.05, 0) is 34.6 Å². The second-order valence-corrected chi connectivity index (χ2v) is 4.44. The van der Waals surface area contributed by atoms with Gasteiger partial charge >= 0.3 is 0 Å². The molecular weight excluding hydrogens is 164 g/mol. The van der Waals surface area contributed by atoms with E-state index in [-0.39, 0.29) is 6.10 Å². The minimum Gasteiger partial charge on any atom is -0.390 e. The zero-order valence-corrected chi connectivity index (χ0v) is 9.42. The molecule has 13 heavy (non-hydrogen) atoms. The highest BCUT2D eigenvalue weighted by Gasteiger charge is 2.16. The van der Waals surface area contributed by atoms with Crippen molar-refractivity contribution in [2.75, 3.05) is 6.61 Å². The molecule has 0 unspecified atom stereocenters. The second-order valence-electron chi connectivity index (χ2n) is 4.44. The van der Waals surface area contributed by atoms with Gasteiger partial charge in [-0.25, -0.2) is 0 Å². The molecule has 0 aromatic heterocycles. The highest BCUT2D eigenvalue weighted by molar-refractivity contribution is 4.92. The minimum atomic E-state index is -0.635. The van der Waals surface area contributed by atoms with Crippen LogP contribution in [0.1, 0.15) is 41.0 Å². The summed E-state index contributed by atoms with van der Waals surface area (Å²) in [6.45, 7) is 10.3. The van der Waals surface area contributed by atoms with Crippen LogP contribution < -0.4 is 0 Å². The van der Waals surface area contributed by atoms with E-state index in [1.165, 1.54) is 5.57 Å². The number of rotatable bonds is 5. The summed E-state index contributed by atoms with van der Waals surface area (Å²) in [5.41, 5.74) is 0.625. The lowest BCUT2D eigenvalue weighted by Gasteiger charge is -2.21. The fourth-order valence-corrected chi connectivity index (χ4v) is 1.14. The van der Waals surface area contributed by atoms with Crippen LogP contribution in [0.25, 0.3) is 0 Å². The SMILES string of the molecule is CC(C)=CCO[C@@H](C)CC(C)(C)O. The van der Waals surface area contributed by atoms with E-state index in [2.05, 4.69) is 0 Å². The Morgan fingerprint density at radius 2 is 2.00 bits per heavy atom. The van der Waals surface area contributed by atoms with E-state index in [9.17, 15) is 5.11 Å². The molecule has 2 heteroatoms. The third-order valence-electron chi connectivity index (χ3n) is 1.66. The highest BCUT2D eigenvalue weighted by Crippen LogP contribution is 2.12. The first-order valence-corrected chi connectivity index (χ1v) is 4.78. The number of hydrogen-bond donors (Lipinski definition) is 1. The lowest BCUT2D eigenvalue weighted by atomic mass is 10.0. The summed E-state index contributed by atoms with van der Waals surface area (Å²) in [6, 6.07) is 0. The van der Waals surface area contributed by atoms with E-state index in [0.29, 0.717) is 13.0 Å². The molecule has 0 aliphatic heterocycles. The van der Waals surface area contributed by atoms with E-state index in [1.54, 1.807) is 13.8 Å². The molecule has 0 aliphatic carbocycles. The van der Waals surface area contributed by atoms with E-state index in [1.807, 2.05) is 26.8 Å². The first-order chi connectivity index (χ1) is 5.81. The third kappa shape index (κ3) is 9.57. The molecule has 1 N–H and O–H groups in total. The molecular formula is C11H22O2. The van der Waals surface area contributed by atoms with E-state index < -0.39 is 5.60 Å². The van der Waals surface area contributed by atoms with Gasteiger partial charge in [0.25, 0.3) is 0 Å². The minimum absolute atomic E-state index is 0.107. The third-order valence-corrected chi connectivity index (χ3v) is 1.66. The molecule has 0 radical (unpaired) electrons. The maximum Gasteiger partial charge on any atom is 0.0653 e. The van der Waals surface area contributed by atoms with Gasteiger partial charge in [-0.3, -0.25) is 0 Å². The number of hydrogen-bond acceptors (Lipinski definition) is 2. The van der Waals surface area contributed by atoms with Gasteiger partial charge in [0.05, 0.1) is 18.3 Å². The lowest BCUT2D eigenvalue weighted by Crippen LogP contribution is -2.26. The van der Waals surface area contributed by atoms with Gasteiger partial charge in [0.15, 0.2) is 0 Å². The van der Waals surface area contributed by atoms with Gasteiger partial charge in [0.1, 0.15) is 0 Å². The van der Waals surface area contributed by atoms with Crippen LogP contribution in [0.5, 0.6) is 0 Å². The molecule has 0 heterocycles. The predicted octanol–water partition coefficient (Wildman–Crippen LogP) is 2.52. The van der Waals surface area contributed by atoms with Crippen LogP contribution in [-0.2, 0) is 4.74 Å². The van der Waals surface area contributed by atoms with Gasteiger partial charge in [-0.15, -0.1) is 0 Å². The quantitative estimate of drug-likeness (QED) is 0.668. The molecule has 0 saturated carbocycles. The van der Waals surface area contributed by atoms with Crippen molar-refractivity contribution in [1.29, 1.82) is 0 Å². The average Bonchev–Trinajstić information content (AvgIpc) is 1.81. The van der Waals surface area contributed by atoms with Crippen molar-refractivity contribution in [2.24, 2.45) is 0 Å². The van der Waals surface area contributed by atoms with Crippen LogP contribution in [-0.4, -0.2) is 23.4 Å². The molecule has 0 amide bonds. The molecule has 0 saturated heterocycles. The fourth-order valence-electron chi connectivity index (χ4n) is 1.14. The summed E-state index contributed by atoms with van der Waals surface area (Å²) >= 11 is 0. The zero-order valence-electron chi connectivity index (χ0n) is 9.42. The van der Waals surface area contributed by atoms with Crippen molar-refractivity contribution in [3.8, 4) is 0 Å². The Hall–Kier alpha value is -0.340. The normalized spacial score (nSPS) is 14.0.